The molecule has 0 aliphatic carbocycles. The van der Waals surface area contributed by atoms with E-state index < -0.39 is 0 Å². The number of carbonyl (C=O) groups excluding carboxylic acids is 2. The van der Waals surface area contributed by atoms with Gasteiger partial charge in [0.05, 0.1) is 6.61 Å². The maximum absolute atomic E-state index is 12.2. The Morgan fingerprint density at radius 3 is 1.39 bits per heavy atom. The molecular formula is C37H72O4. The summed E-state index contributed by atoms with van der Waals surface area (Å²) in [6.07, 6.45) is 35.7. The molecule has 4 nitrogen and oxygen atoms in total. The van der Waals surface area contributed by atoms with Crippen molar-refractivity contribution in [2.24, 2.45) is 5.92 Å². The largest absolute Gasteiger partial charge is 0.465 e. The van der Waals surface area contributed by atoms with Crippen molar-refractivity contribution in [3.05, 3.63) is 0 Å². The molecule has 0 aromatic rings. The standard InChI is InChI=1S/C37H72O4/c1-4-7-9-11-12-13-15-18-21-25-30-36(41-34-38)31-26-22-19-16-14-17-20-23-27-32-37(39)40-33-35(28-6-3)29-24-10-8-5-2/h34-36H,4-33H2,1-3H3. The van der Waals surface area contributed by atoms with Crippen LogP contribution < -0.4 is 0 Å². The van der Waals surface area contributed by atoms with Gasteiger partial charge in [-0.1, -0.05) is 156 Å². The van der Waals surface area contributed by atoms with Crippen molar-refractivity contribution in [3.8, 4) is 0 Å². The van der Waals surface area contributed by atoms with Gasteiger partial charge in [0.15, 0.2) is 0 Å². The lowest BCUT2D eigenvalue weighted by molar-refractivity contribution is -0.145. The van der Waals surface area contributed by atoms with Crippen LogP contribution in [-0.2, 0) is 19.1 Å². The Bertz CT molecular complexity index is 535. The summed E-state index contributed by atoms with van der Waals surface area (Å²) >= 11 is 0. The van der Waals surface area contributed by atoms with E-state index in [1.165, 1.54) is 148 Å². The van der Waals surface area contributed by atoms with Gasteiger partial charge < -0.3 is 9.47 Å². The van der Waals surface area contributed by atoms with E-state index in [0.717, 1.165) is 32.1 Å². The molecule has 2 unspecified atom stereocenters. The first-order chi connectivity index (χ1) is 20.2. The van der Waals surface area contributed by atoms with E-state index in [4.69, 9.17) is 9.47 Å². The third-order valence-corrected chi connectivity index (χ3v) is 8.68. The Morgan fingerprint density at radius 1 is 0.512 bits per heavy atom. The summed E-state index contributed by atoms with van der Waals surface area (Å²) in [5.74, 6) is 0.554. The molecule has 0 saturated heterocycles. The normalized spacial score (nSPS) is 12.8. The van der Waals surface area contributed by atoms with Crippen molar-refractivity contribution >= 4 is 12.4 Å². The second-order valence-corrected chi connectivity index (χ2v) is 12.7. The molecule has 4 heteroatoms. The summed E-state index contributed by atoms with van der Waals surface area (Å²) in [6, 6.07) is 0. The average Bonchev–Trinajstić information content (AvgIpc) is 2.97. The zero-order valence-electron chi connectivity index (χ0n) is 28.1. The van der Waals surface area contributed by atoms with E-state index in [1.807, 2.05) is 0 Å². The minimum Gasteiger partial charge on any atom is -0.465 e. The van der Waals surface area contributed by atoms with Gasteiger partial charge in [-0.05, 0) is 50.9 Å². The smallest absolute Gasteiger partial charge is 0.305 e. The van der Waals surface area contributed by atoms with Gasteiger partial charge in [-0.15, -0.1) is 0 Å². The maximum Gasteiger partial charge on any atom is 0.305 e. The monoisotopic (exact) mass is 581 g/mol. The average molecular weight is 581 g/mol. The van der Waals surface area contributed by atoms with Crippen molar-refractivity contribution in [1.82, 2.24) is 0 Å². The number of rotatable bonds is 34. The summed E-state index contributed by atoms with van der Waals surface area (Å²) in [4.78, 5) is 23.1. The molecule has 0 radical (unpaired) electrons. The second kappa shape index (κ2) is 33.4. The van der Waals surface area contributed by atoms with Crippen molar-refractivity contribution < 1.29 is 19.1 Å². The maximum atomic E-state index is 12.2. The highest BCUT2D eigenvalue weighted by molar-refractivity contribution is 5.69. The Hall–Kier alpha value is -1.06. The van der Waals surface area contributed by atoms with Crippen molar-refractivity contribution in [2.45, 2.75) is 213 Å². The third kappa shape index (κ3) is 30.2. The van der Waals surface area contributed by atoms with E-state index in [9.17, 15) is 9.59 Å². The first-order valence-electron chi connectivity index (χ1n) is 18.4. The van der Waals surface area contributed by atoms with Crippen LogP contribution in [0.4, 0.5) is 0 Å². The lowest BCUT2D eigenvalue weighted by Gasteiger charge is -2.16. The van der Waals surface area contributed by atoms with Crippen molar-refractivity contribution in [2.75, 3.05) is 6.61 Å². The topological polar surface area (TPSA) is 52.6 Å². The van der Waals surface area contributed by atoms with Crippen LogP contribution in [0.2, 0.25) is 0 Å². The van der Waals surface area contributed by atoms with Crippen LogP contribution in [0, 0.1) is 5.92 Å². The van der Waals surface area contributed by atoms with Gasteiger partial charge in [-0.2, -0.15) is 0 Å². The number of carbonyl (C=O) groups is 2. The Labute approximate surface area is 256 Å². The molecule has 0 rings (SSSR count). The molecule has 0 aliphatic rings. The zero-order chi connectivity index (χ0) is 30.1. The van der Waals surface area contributed by atoms with Gasteiger partial charge >= 0.3 is 5.97 Å². The summed E-state index contributed by atoms with van der Waals surface area (Å²) in [5.41, 5.74) is 0. The fraction of sp³-hybridized carbons (Fsp3) is 0.946. The predicted molar refractivity (Wildman–Crippen MR) is 176 cm³/mol. The second-order valence-electron chi connectivity index (χ2n) is 12.7. The number of hydrogen-bond donors (Lipinski definition) is 0. The summed E-state index contributed by atoms with van der Waals surface area (Å²) in [5, 5.41) is 0. The molecule has 0 aromatic carbocycles. The Balaban J connectivity index is 3.59. The van der Waals surface area contributed by atoms with Crippen LogP contribution >= 0.6 is 0 Å². The number of hydrogen-bond acceptors (Lipinski definition) is 4. The van der Waals surface area contributed by atoms with E-state index in [0.29, 0.717) is 25.4 Å². The quantitative estimate of drug-likeness (QED) is 0.0431. The lowest BCUT2D eigenvalue weighted by atomic mass is 9.97. The molecule has 0 fully saturated rings. The van der Waals surface area contributed by atoms with Gasteiger partial charge in [-0.3, -0.25) is 9.59 Å². The van der Waals surface area contributed by atoms with E-state index in [2.05, 4.69) is 20.8 Å². The SMILES string of the molecule is CCCCCCCCCCCCC(CCCCCCCCCCCC(=O)OCC(CCC)CCCCCC)OC=O. The molecule has 0 saturated carbocycles. The lowest BCUT2D eigenvalue weighted by Crippen LogP contribution is -2.14. The van der Waals surface area contributed by atoms with Gasteiger partial charge in [0.1, 0.15) is 6.10 Å². The summed E-state index contributed by atoms with van der Waals surface area (Å²) in [6.45, 7) is 8.02. The molecule has 0 aromatic heterocycles. The van der Waals surface area contributed by atoms with Gasteiger partial charge in [0.25, 0.3) is 6.47 Å². The first kappa shape index (κ1) is 39.9. The predicted octanol–water partition coefficient (Wildman–Crippen LogP) is 12.1. The highest BCUT2D eigenvalue weighted by atomic mass is 16.5. The zero-order valence-corrected chi connectivity index (χ0v) is 28.1. The molecule has 244 valence electrons. The van der Waals surface area contributed by atoms with Crippen LogP contribution in [-0.4, -0.2) is 25.2 Å². The number of unbranched alkanes of at least 4 members (excludes halogenated alkanes) is 20. The van der Waals surface area contributed by atoms with Gasteiger partial charge in [0.2, 0.25) is 0 Å². The van der Waals surface area contributed by atoms with Gasteiger partial charge in [-0.25, -0.2) is 0 Å². The minimum atomic E-state index is 0.00434. The molecule has 2 atom stereocenters. The van der Waals surface area contributed by atoms with Crippen molar-refractivity contribution in [1.29, 1.82) is 0 Å². The van der Waals surface area contributed by atoms with E-state index >= 15 is 0 Å². The summed E-state index contributed by atoms with van der Waals surface area (Å²) < 4.78 is 11.0. The first-order valence-corrected chi connectivity index (χ1v) is 18.4. The third-order valence-electron chi connectivity index (χ3n) is 8.68. The van der Waals surface area contributed by atoms with Crippen molar-refractivity contribution in [3.63, 3.8) is 0 Å². The minimum absolute atomic E-state index is 0.00434. The van der Waals surface area contributed by atoms with E-state index in [1.54, 1.807) is 0 Å². The van der Waals surface area contributed by atoms with Gasteiger partial charge in [0, 0.05) is 6.42 Å². The van der Waals surface area contributed by atoms with E-state index in [-0.39, 0.29) is 12.1 Å². The van der Waals surface area contributed by atoms with Crippen LogP contribution in [0.3, 0.4) is 0 Å². The molecule has 0 heterocycles. The highest BCUT2D eigenvalue weighted by Gasteiger charge is 2.12. The number of ether oxygens (including phenoxy) is 2. The molecular weight excluding hydrogens is 508 g/mol. The Morgan fingerprint density at radius 2 is 0.927 bits per heavy atom. The molecule has 0 amide bonds. The van der Waals surface area contributed by atoms with Crippen LogP contribution in [0.5, 0.6) is 0 Å². The molecule has 0 N–H and O–H groups in total. The highest BCUT2D eigenvalue weighted by Crippen LogP contribution is 2.19. The van der Waals surface area contributed by atoms with Crippen LogP contribution in [0.15, 0.2) is 0 Å². The summed E-state index contributed by atoms with van der Waals surface area (Å²) in [7, 11) is 0. The fourth-order valence-electron chi connectivity index (χ4n) is 5.96. The molecule has 0 bridgehead atoms. The Kier molecular flexibility index (Phi) is 32.6. The fourth-order valence-corrected chi connectivity index (χ4v) is 5.96. The number of esters is 1. The molecule has 0 spiro atoms. The van der Waals surface area contributed by atoms with Crippen LogP contribution in [0.25, 0.3) is 0 Å². The molecule has 41 heavy (non-hydrogen) atoms. The van der Waals surface area contributed by atoms with Crippen LogP contribution in [0.1, 0.15) is 207 Å². The molecule has 0 aliphatic heterocycles.